The van der Waals surface area contributed by atoms with Crippen molar-refractivity contribution in [1.82, 2.24) is 0 Å². The average Bonchev–Trinajstić information content (AvgIpc) is 2.41. The van der Waals surface area contributed by atoms with Crippen LogP contribution in [0, 0.1) is 0 Å². The zero-order valence-corrected chi connectivity index (χ0v) is 12.8. The first-order valence-electron chi connectivity index (χ1n) is 7.32. The van der Waals surface area contributed by atoms with Gasteiger partial charge < -0.3 is 0 Å². The van der Waals surface area contributed by atoms with E-state index in [2.05, 4.69) is 0 Å². The van der Waals surface area contributed by atoms with E-state index in [1.165, 1.54) is 38.5 Å². The number of hydrogen-bond acceptors (Lipinski definition) is 3. The van der Waals surface area contributed by atoms with Crippen LogP contribution in [0.25, 0.3) is 0 Å². The van der Waals surface area contributed by atoms with Crippen molar-refractivity contribution in [2.24, 2.45) is 5.73 Å². The number of thiol groups is 1. The Bertz CT molecular complexity index is 251. The van der Waals surface area contributed by atoms with Crippen LogP contribution in [0.4, 0.5) is 0 Å². The van der Waals surface area contributed by atoms with Gasteiger partial charge in [0, 0.05) is 11.8 Å². The standard InChI is InChI=1S/C13H27NO2S2/c14-13(17-11-7-3-1-4-8-11)18(15,16)12-9-5-2-6-10-12/h11-13,15-16H,1-10,14H2/p+1. The Morgan fingerprint density at radius 3 is 1.94 bits per heavy atom. The molecule has 1 unspecified atom stereocenters. The van der Waals surface area contributed by atoms with Crippen LogP contribution in [-0.4, -0.2) is 24.3 Å². The average molecular weight is 295 g/mol. The van der Waals surface area contributed by atoms with Crippen molar-refractivity contribution in [3.8, 4) is 0 Å². The molecule has 4 N–H and O–H groups in total. The minimum absolute atomic E-state index is 0.0670. The summed E-state index contributed by atoms with van der Waals surface area (Å²) in [5.41, 5.74) is 6.14. The summed E-state index contributed by atoms with van der Waals surface area (Å²) >= 11 is 1.09. The van der Waals surface area contributed by atoms with Crippen molar-refractivity contribution in [2.45, 2.75) is 79.4 Å². The molecule has 1 atom stereocenters. The Balaban J connectivity index is 1.86. The minimum Gasteiger partial charge on any atom is -0.294 e. The van der Waals surface area contributed by atoms with E-state index in [-0.39, 0.29) is 5.25 Å². The van der Waals surface area contributed by atoms with Gasteiger partial charge in [-0.05, 0) is 38.5 Å². The van der Waals surface area contributed by atoms with E-state index in [1.807, 2.05) is 0 Å². The molecule has 5 heteroatoms. The van der Waals surface area contributed by atoms with Crippen LogP contribution in [0.5, 0.6) is 0 Å². The SMILES string of the molecule is NC([SH+]C1CCCCC1)S(O)(O)C1CCCCC1. The molecule has 2 aliphatic carbocycles. The van der Waals surface area contributed by atoms with E-state index < -0.39 is 15.3 Å². The predicted octanol–water partition coefficient (Wildman–Crippen LogP) is 3.46. The van der Waals surface area contributed by atoms with Crippen LogP contribution in [-0.2, 0) is 11.8 Å². The van der Waals surface area contributed by atoms with E-state index in [9.17, 15) is 9.11 Å². The molecule has 2 rings (SSSR count). The molecule has 108 valence electrons. The third-order valence-electron chi connectivity index (χ3n) is 4.33. The molecule has 0 bridgehead atoms. The monoisotopic (exact) mass is 294 g/mol. The highest BCUT2D eigenvalue weighted by molar-refractivity contribution is 8.30. The molecular formula is C13H28NO2S2+. The van der Waals surface area contributed by atoms with Crippen LogP contribution in [0.1, 0.15) is 64.2 Å². The molecule has 0 amide bonds. The van der Waals surface area contributed by atoms with Crippen molar-refractivity contribution in [3.05, 3.63) is 0 Å². The summed E-state index contributed by atoms with van der Waals surface area (Å²) < 4.78 is 20.5. The van der Waals surface area contributed by atoms with Crippen molar-refractivity contribution < 1.29 is 9.11 Å². The Morgan fingerprint density at radius 1 is 0.889 bits per heavy atom. The predicted molar refractivity (Wildman–Crippen MR) is 83.3 cm³/mol. The second-order valence-corrected chi connectivity index (χ2v) is 10.1. The Hall–Kier alpha value is 0.580. The highest BCUT2D eigenvalue weighted by atomic mass is 32.3. The van der Waals surface area contributed by atoms with E-state index in [0.717, 1.165) is 37.4 Å². The second kappa shape index (κ2) is 6.84. The van der Waals surface area contributed by atoms with Crippen molar-refractivity contribution >= 4 is 22.4 Å². The summed E-state index contributed by atoms with van der Waals surface area (Å²) in [6.45, 7) is 0. The third-order valence-corrected chi connectivity index (χ3v) is 9.02. The van der Waals surface area contributed by atoms with Gasteiger partial charge in [0.1, 0.15) is 5.25 Å². The Kier molecular flexibility index (Phi) is 5.69. The fraction of sp³-hybridized carbons (Fsp3) is 1.00. The van der Waals surface area contributed by atoms with Crippen LogP contribution in [0.3, 0.4) is 0 Å². The van der Waals surface area contributed by atoms with Crippen molar-refractivity contribution in [3.63, 3.8) is 0 Å². The fourth-order valence-corrected chi connectivity index (χ4v) is 7.39. The lowest BCUT2D eigenvalue weighted by atomic mass is 10.0. The van der Waals surface area contributed by atoms with Crippen LogP contribution < -0.4 is 5.73 Å². The molecule has 0 radical (unpaired) electrons. The van der Waals surface area contributed by atoms with Gasteiger partial charge in [-0.2, -0.15) is 0 Å². The zero-order valence-electron chi connectivity index (χ0n) is 11.1. The van der Waals surface area contributed by atoms with Crippen LogP contribution in [0.15, 0.2) is 0 Å². The summed E-state index contributed by atoms with van der Waals surface area (Å²) in [5.74, 6) is 0. The smallest absolute Gasteiger partial charge is 0.256 e. The van der Waals surface area contributed by atoms with Crippen molar-refractivity contribution in [2.75, 3.05) is 0 Å². The molecule has 0 heterocycles. The maximum absolute atomic E-state index is 10.4. The Morgan fingerprint density at radius 2 is 1.39 bits per heavy atom. The number of rotatable bonds is 4. The summed E-state index contributed by atoms with van der Waals surface area (Å²) in [6.07, 6.45) is 11.8. The van der Waals surface area contributed by atoms with Gasteiger partial charge >= 0.3 is 0 Å². The number of hydrogen-bond donors (Lipinski definition) is 3. The van der Waals surface area contributed by atoms with Crippen LogP contribution in [0.2, 0.25) is 0 Å². The molecule has 2 aliphatic rings. The molecule has 2 fully saturated rings. The first-order chi connectivity index (χ1) is 8.60. The first-order valence-corrected chi connectivity index (χ1v) is 10.0. The maximum Gasteiger partial charge on any atom is 0.256 e. The molecule has 0 saturated heterocycles. The summed E-state index contributed by atoms with van der Waals surface area (Å²) in [6, 6.07) is 0. The number of nitrogens with two attached hydrogens (primary N) is 1. The molecule has 2 saturated carbocycles. The lowest BCUT2D eigenvalue weighted by molar-refractivity contribution is 0.422. The normalized spacial score (nSPS) is 27.1. The van der Waals surface area contributed by atoms with Gasteiger partial charge in [0.05, 0.1) is 5.25 Å². The molecule has 0 aromatic rings. The quantitative estimate of drug-likeness (QED) is 0.549. The van der Waals surface area contributed by atoms with Gasteiger partial charge in [-0.25, -0.2) is 0 Å². The molecule has 0 aromatic carbocycles. The van der Waals surface area contributed by atoms with Gasteiger partial charge in [-0.3, -0.25) is 14.8 Å². The Labute approximate surface area is 117 Å². The highest BCUT2D eigenvalue weighted by Gasteiger charge is 2.39. The van der Waals surface area contributed by atoms with Gasteiger partial charge in [-0.15, -0.1) is 10.6 Å². The van der Waals surface area contributed by atoms with Crippen molar-refractivity contribution in [1.29, 1.82) is 0 Å². The third kappa shape index (κ3) is 3.79. The molecule has 0 spiro atoms. The first kappa shape index (κ1) is 15.0. The van der Waals surface area contributed by atoms with Crippen LogP contribution >= 0.6 is 10.6 Å². The molecule has 18 heavy (non-hydrogen) atoms. The van der Waals surface area contributed by atoms with E-state index in [4.69, 9.17) is 5.73 Å². The summed E-state index contributed by atoms with van der Waals surface area (Å²) in [4.78, 5) is 0. The van der Waals surface area contributed by atoms with Gasteiger partial charge in [-0.1, -0.05) is 25.7 Å². The van der Waals surface area contributed by atoms with Gasteiger partial charge in [0.25, 0.3) is 4.71 Å². The molecular weight excluding hydrogens is 266 g/mol. The largest absolute Gasteiger partial charge is 0.294 e. The molecule has 3 nitrogen and oxygen atoms in total. The molecule has 0 aliphatic heterocycles. The lowest BCUT2D eigenvalue weighted by Crippen LogP contribution is -2.39. The topological polar surface area (TPSA) is 66.5 Å². The minimum atomic E-state index is -2.60. The zero-order chi connectivity index (χ0) is 13.0. The molecule has 0 aromatic heterocycles. The second-order valence-electron chi connectivity index (χ2n) is 5.73. The van der Waals surface area contributed by atoms with E-state index in [1.54, 1.807) is 0 Å². The fourth-order valence-electron chi connectivity index (χ4n) is 3.14. The summed E-state index contributed by atoms with van der Waals surface area (Å²) in [7, 11) is -2.60. The summed E-state index contributed by atoms with van der Waals surface area (Å²) in [5, 5.41) is 0.667. The van der Waals surface area contributed by atoms with Gasteiger partial charge in [0.15, 0.2) is 0 Å². The van der Waals surface area contributed by atoms with E-state index in [0.29, 0.717) is 5.25 Å². The highest BCUT2D eigenvalue weighted by Crippen LogP contribution is 2.53. The maximum atomic E-state index is 10.4. The lowest BCUT2D eigenvalue weighted by Gasteiger charge is -2.43. The van der Waals surface area contributed by atoms with E-state index >= 15 is 0 Å². The van der Waals surface area contributed by atoms with Gasteiger partial charge in [0.2, 0.25) is 0 Å².